The predicted octanol–water partition coefficient (Wildman–Crippen LogP) is 0.929. The summed E-state index contributed by atoms with van der Waals surface area (Å²) in [6.07, 6.45) is 3.95. The molecular formula is C14H24N2O3. The van der Waals surface area contributed by atoms with Gasteiger partial charge in [-0.25, -0.2) is 4.79 Å². The van der Waals surface area contributed by atoms with Crippen LogP contribution in [-0.2, 0) is 14.3 Å². The first-order valence-corrected chi connectivity index (χ1v) is 7.15. The molecule has 19 heavy (non-hydrogen) atoms. The molecule has 2 aliphatic heterocycles. The van der Waals surface area contributed by atoms with E-state index in [9.17, 15) is 9.59 Å². The molecule has 0 aromatic heterocycles. The van der Waals surface area contributed by atoms with E-state index in [0.29, 0.717) is 0 Å². The number of nitrogens with zero attached hydrogens (tertiary/aromatic N) is 1. The molecule has 5 nitrogen and oxygen atoms in total. The van der Waals surface area contributed by atoms with Crippen molar-refractivity contribution in [1.29, 1.82) is 0 Å². The number of carbonyl (C=O) groups is 2. The van der Waals surface area contributed by atoms with Crippen LogP contribution in [0.2, 0.25) is 0 Å². The van der Waals surface area contributed by atoms with Gasteiger partial charge in [0.15, 0.2) is 0 Å². The second kappa shape index (κ2) is 5.49. The van der Waals surface area contributed by atoms with Crippen LogP contribution in [0, 0.1) is 5.92 Å². The third-order valence-corrected chi connectivity index (χ3v) is 4.47. The first-order chi connectivity index (χ1) is 9.01. The standard InChI is InChI=1S/C14H24N2O3/c1-10(2)11(12(17)19-3)15-13(18)14-6-4-8-16(14)9-5-7-14/h10-11H,4-9H2,1-3H3,(H,15,18). The van der Waals surface area contributed by atoms with E-state index < -0.39 is 6.04 Å². The highest BCUT2D eigenvalue weighted by Gasteiger charge is 2.50. The van der Waals surface area contributed by atoms with E-state index in [1.54, 1.807) is 0 Å². The van der Waals surface area contributed by atoms with E-state index >= 15 is 0 Å². The smallest absolute Gasteiger partial charge is 0.328 e. The number of fused-ring (bicyclic) bond motifs is 1. The van der Waals surface area contributed by atoms with Crippen LogP contribution in [0.5, 0.6) is 0 Å². The molecule has 0 aromatic rings. The van der Waals surface area contributed by atoms with Gasteiger partial charge >= 0.3 is 5.97 Å². The summed E-state index contributed by atoms with van der Waals surface area (Å²) in [5.41, 5.74) is -0.360. The number of amides is 1. The molecule has 1 atom stereocenters. The molecule has 0 spiro atoms. The van der Waals surface area contributed by atoms with E-state index in [0.717, 1.165) is 38.8 Å². The van der Waals surface area contributed by atoms with Crippen LogP contribution in [0.15, 0.2) is 0 Å². The van der Waals surface area contributed by atoms with Gasteiger partial charge in [0.2, 0.25) is 5.91 Å². The Morgan fingerprint density at radius 3 is 2.26 bits per heavy atom. The summed E-state index contributed by atoms with van der Waals surface area (Å²) in [5, 5.41) is 2.92. The number of hydrogen-bond donors (Lipinski definition) is 1. The van der Waals surface area contributed by atoms with Crippen molar-refractivity contribution < 1.29 is 14.3 Å². The van der Waals surface area contributed by atoms with E-state index in [2.05, 4.69) is 10.2 Å². The Hall–Kier alpha value is -1.10. The van der Waals surface area contributed by atoms with Gasteiger partial charge in [-0.15, -0.1) is 0 Å². The van der Waals surface area contributed by atoms with Gasteiger partial charge < -0.3 is 10.1 Å². The summed E-state index contributed by atoms with van der Waals surface area (Å²) in [6.45, 7) is 5.83. The zero-order valence-electron chi connectivity index (χ0n) is 12.1. The van der Waals surface area contributed by atoms with Crippen LogP contribution >= 0.6 is 0 Å². The van der Waals surface area contributed by atoms with Gasteiger partial charge in [0.25, 0.3) is 0 Å². The van der Waals surface area contributed by atoms with Crippen LogP contribution in [0.4, 0.5) is 0 Å². The van der Waals surface area contributed by atoms with Crippen molar-refractivity contribution in [1.82, 2.24) is 10.2 Å². The van der Waals surface area contributed by atoms with Crippen molar-refractivity contribution in [2.24, 2.45) is 5.92 Å². The molecule has 2 heterocycles. The molecule has 0 aromatic carbocycles. The number of rotatable bonds is 4. The lowest BCUT2D eigenvalue weighted by molar-refractivity contribution is -0.147. The highest BCUT2D eigenvalue weighted by atomic mass is 16.5. The van der Waals surface area contributed by atoms with Gasteiger partial charge in [0, 0.05) is 0 Å². The van der Waals surface area contributed by atoms with E-state index in [1.165, 1.54) is 7.11 Å². The Balaban J connectivity index is 2.09. The minimum atomic E-state index is -0.546. The second-order valence-electron chi connectivity index (χ2n) is 5.94. The number of nitrogens with one attached hydrogen (secondary N) is 1. The van der Waals surface area contributed by atoms with E-state index in [1.807, 2.05) is 13.8 Å². The Morgan fingerprint density at radius 1 is 1.21 bits per heavy atom. The Morgan fingerprint density at radius 2 is 1.79 bits per heavy atom. The third kappa shape index (κ3) is 2.48. The average Bonchev–Trinajstić information content (AvgIpc) is 2.94. The fourth-order valence-electron chi connectivity index (χ4n) is 3.38. The van der Waals surface area contributed by atoms with E-state index in [4.69, 9.17) is 4.74 Å². The number of ether oxygens (including phenoxy) is 1. The zero-order chi connectivity index (χ0) is 14.0. The Kier molecular flexibility index (Phi) is 4.13. The van der Waals surface area contributed by atoms with Crippen LogP contribution in [-0.4, -0.2) is 48.6 Å². The first kappa shape index (κ1) is 14.3. The molecule has 2 fully saturated rings. The Bertz CT molecular complexity index is 358. The average molecular weight is 268 g/mol. The maximum absolute atomic E-state index is 12.6. The lowest BCUT2D eigenvalue weighted by Crippen LogP contribution is -2.57. The fraction of sp³-hybridized carbons (Fsp3) is 0.857. The number of carbonyl (C=O) groups excluding carboxylic acids is 2. The van der Waals surface area contributed by atoms with Gasteiger partial charge in [-0.1, -0.05) is 13.8 Å². The van der Waals surface area contributed by atoms with Crippen molar-refractivity contribution in [3.63, 3.8) is 0 Å². The van der Waals surface area contributed by atoms with Crippen molar-refractivity contribution >= 4 is 11.9 Å². The largest absolute Gasteiger partial charge is 0.467 e. The molecule has 0 saturated carbocycles. The minimum Gasteiger partial charge on any atom is -0.467 e. The predicted molar refractivity (Wildman–Crippen MR) is 71.6 cm³/mol. The molecule has 0 aliphatic carbocycles. The molecule has 2 aliphatic rings. The van der Waals surface area contributed by atoms with Gasteiger partial charge in [0.05, 0.1) is 7.11 Å². The van der Waals surface area contributed by atoms with Crippen LogP contribution in [0.1, 0.15) is 39.5 Å². The van der Waals surface area contributed by atoms with Crippen molar-refractivity contribution in [3.05, 3.63) is 0 Å². The number of hydrogen-bond acceptors (Lipinski definition) is 4. The fourth-order valence-corrected chi connectivity index (χ4v) is 3.38. The van der Waals surface area contributed by atoms with Gasteiger partial charge in [0.1, 0.15) is 11.6 Å². The summed E-state index contributed by atoms with van der Waals surface area (Å²) in [4.78, 5) is 26.6. The third-order valence-electron chi connectivity index (χ3n) is 4.47. The lowest BCUT2D eigenvalue weighted by atomic mass is 9.92. The van der Waals surface area contributed by atoms with Crippen LogP contribution in [0.25, 0.3) is 0 Å². The summed E-state index contributed by atoms with van der Waals surface area (Å²) >= 11 is 0. The van der Waals surface area contributed by atoms with Gasteiger partial charge in [-0.2, -0.15) is 0 Å². The van der Waals surface area contributed by atoms with Crippen molar-refractivity contribution in [2.75, 3.05) is 20.2 Å². The molecule has 1 N–H and O–H groups in total. The topological polar surface area (TPSA) is 58.6 Å². The monoisotopic (exact) mass is 268 g/mol. The Labute approximate surface area is 114 Å². The van der Waals surface area contributed by atoms with Crippen molar-refractivity contribution in [3.8, 4) is 0 Å². The van der Waals surface area contributed by atoms with Gasteiger partial charge in [-0.05, 0) is 44.7 Å². The molecular weight excluding hydrogens is 244 g/mol. The first-order valence-electron chi connectivity index (χ1n) is 7.15. The maximum Gasteiger partial charge on any atom is 0.328 e. The molecule has 0 bridgehead atoms. The van der Waals surface area contributed by atoms with Gasteiger partial charge in [-0.3, -0.25) is 9.69 Å². The molecule has 0 radical (unpaired) electrons. The molecule has 1 amide bonds. The van der Waals surface area contributed by atoms with E-state index in [-0.39, 0.29) is 23.3 Å². The van der Waals surface area contributed by atoms with Crippen molar-refractivity contribution in [2.45, 2.75) is 51.1 Å². The quantitative estimate of drug-likeness (QED) is 0.771. The maximum atomic E-state index is 12.6. The van der Waals surface area contributed by atoms with Crippen LogP contribution in [0.3, 0.4) is 0 Å². The molecule has 1 unspecified atom stereocenters. The minimum absolute atomic E-state index is 0.00611. The molecule has 2 saturated heterocycles. The second-order valence-corrected chi connectivity index (χ2v) is 5.94. The summed E-state index contributed by atoms with van der Waals surface area (Å²) in [7, 11) is 1.36. The summed E-state index contributed by atoms with van der Waals surface area (Å²) < 4.78 is 4.78. The zero-order valence-corrected chi connectivity index (χ0v) is 12.1. The molecule has 108 valence electrons. The SMILES string of the molecule is COC(=O)C(NC(=O)C12CCCN1CCC2)C(C)C. The highest BCUT2D eigenvalue weighted by Crippen LogP contribution is 2.39. The highest BCUT2D eigenvalue weighted by molar-refractivity contribution is 5.91. The summed E-state index contributed by atoms with van der Waals surface area (Å²) in [5.74, 6) is -0.321. The normalized spacial score (nSPS) is 23.2. The number of methoxy groups -OCH3 is 1. The molecule has 2 rings (SSSR count). The number of esters is 1. The summed E-state index contributed by atoms with van der Waals surface area (Å²) in [6, 6.07) is -0.546. The molecule has 5 heteroatoms. The van der Waals surface area contributed by atoms with Crippen LogP contribution < -0.4 is 5.32 Å². The lowest BCUT2D eigenvalue weighted by Gasteiger charge is -2.32.